The van der Waals surface area contributed by atoms with Crippen LogP contribution >= 0.6 is 11.8 Å². The molecule has 1 N–H and O–H groups in total. The summed E-state index contributed by atoms with van der Waals surface area (Å²) in [5, 5.41) is 10.4. The Kier molecular flexibility index (Phi) is 7.68. The van der Waals surface area contributed by atoms with E-state index in [1.807, 2.05) is 17.8 Å². The van der Waals surface area contributed by atoms with E-state index in [-0.39, 0.29) is 10.9 Å². The summed E-state index contributed by atoms with van der Waals surface area (Å²) in [6.07, 6.45) is 5.45. The molecule has 0 radical (unpaired) electrons. The summed E-state index contributed by atoms with van der Waals surface area (Å²) >= 11 is 1.94. The van der Waals surface area contributed by atoms with Gasteiger partial charge in [-0.15, -0.1) is 0 Å². The summed E-state index contributed by atoms with van der Waals surface area (Å²) in [7, 11) is 0. The van der Waals surface area contributed by atoms with Crippen molar-refractivity contribution in [2.24, 2.45) is 0 Å². The van der Waals surface area contributed by atoms with E-state index in [1.54, 1.807) is 0 Å². The van der Waals surface area contributed by atoms with Gasteiger partial charge < -0.3 is 5.11 Å². The molecular weight excluding hydrogens is 264 g/mol. The van der Waals surface area contributed by atoms with Crippen LogP contribution in [-0.2, 0) is 5.75 Å². The molecule has 0 heterocycles. The van der Waals surface area contributed by atoms with Crippen LogP contribution in [0.2, 0.25) is 0 Å². The number of aliphatic hydroxyl groups is 1. The van der Waals surface area contributed by atoms with E-state index in [9.17, 15) is 5.11 Å². The van der Waals surface area contributed by atoms with Gasteiger partial charge in [0.05, 0.1) is 6.10 Å². The molecule has 0 saturated heterocycles. The average Bonchev–Trinajstić information content (AvgIpc) is 2.40. The largest absolute Gasteiger partial charge is 0.388 e. The van der Waals surface area contributed by atoms with Crippen molar-refractivity contribution in [1.29, 1.82) is 0 Å². The highest BCUT2D eigenvalue weighted by molar-refractivity contribution is 7.99. The maximum Gasteiger partial charge on any atom is 0.0793 e. The first-order valence-corrected chi connectivity index (χ1v) is 8.82. The van der Waals surface area contributed by atoms with Crippen LogP contribution in [0.25, 0.3) is 0 Å². The van der Waals surface area contributed by atoms with Gasteiger partial charge in [-0.1, -0.05) is 77.6 Å². The van der Waals surface area contributed by atoms with Gasteiger partial charge in [-0.25, -0.2) is 0 Å². The summed E-state index contributed by atoms with van der Waals surface area (Å²) in [6, 6.07) is 8.36. The molecule has 114 valence electrons. The van der Waals surface area contributed by atoms with Crippen molar-refractivity contribution >= 4 is 11.8 Å². The molecule has 0 aliphatic carbocycles. The SMILES string of the molecule is CCCCCCC(O)c1ccccc1CSC(C)(C)C. The fourth-order valence-electron chi connectivity index (χ4n) is 2.20. The Balaban J connectivity index is 2.59. The minimum absolute atomic E-state index is 0.263. The van der Waals surface area contributed by atoms with Crippen molar-refractivity contribution < 1.29 is 5.11 Å². The molecule has 0 aliphatic heterocycles. The first-order chi connectivity index (χ1) is 9.44. The summed E-state index contributed by atoms with van der Waals surface area (Å²) < 4.78 is 0.263. The third-order valence-electron chi connectivity index (χ3n) is 3.41. The van der Waals surface area contributed by atoms with Crippen molar-refractivity contribution in [3.63, 3.8) is 0 Å². The van der Waals surface area contributed by atoms with Crippen LogP contribution < -0.4 is 0 Å². The Bertz CT molecular complexity index is 381. The number of rotatable bonds is 8. The summed E-state index contributed by atoms with van der Waals surface area (Å²) in [4.78, 5) is 0. The van der Waals surface area contributed by atoms with Crippen molar-refractivity contribution in [3.05, 3.63) is 35.4 Å². The molecule has 1 unspecified atom stereocenters. The lowest BCUT2D eigenvalue weighted by atomic mass is 9.99. The van der Waals surface area contributed by atoms with Crippen LogP contribution in [0.1, 0.15) is 77.0 Å². The number of thioether (sulfide) groups is 1. The zero-order valence-corrected chi connectivity index (χ0v) is 14.3. The van der Waals surface area contributed by atoms with E-state index in [4.69, 9.17) is 0 Å². The number of hydrogen-bond acceptors (Lipinski definition) is 2. The molecule has 20 heavy (non-hydrogen) atoms. The van der Waals surface area contributed by atoms with Gasteiger partial charge in [0.25, 0.3) is 0 Å². The van der Waals surface area contributed by atoms with Crippen LogP contribution in [0.4, 0.5) is 0 Å². The van der Waals surface area contributed by atoms with Gasteiger partial charge in [0, 0.05) is 10.5 Å². The van der Waals surface area contributed by atoms with Gasteiger partial charge in [0.1, 0.15) is 0 Å². The topological polar surface area (TPSA) is 20.2 Å². The van der Waals surface area contributed by atoms with Crippen LogP contribution in [0.15, 0.2) is 24.3 Å². The van der Waals surface area contributed by atoms with E-state index in [0.717, 1.165) is 24.2 Å². The molecule has 0 spiro atoms. The Morgan fingerprint density at radius 3 is 2.45 bits per heavy atom. The Hall–Kier alpha value is -0.470. The fraction of sp³-hybridized carbons (Fsp3) is 0.667. The molecule has 1 nitrogen and oxygen atoms in total. The highest BCUT2D eigenvalue weighted by Gasteiger charge is 2.15. The van der Waals surface area contributed by atoms with Crippen LogP contribution in [0.3, 0.4) is 0 Å². The van der Waals surface area contributed by atoms with E-state index >= 15 is 0 Å². The molecule has 2 heteroatoms. The third kappa shape index (κ3) is 6.81. The van der Waals surface area contributed by atoms with Crippen molar-refractivity contribution in [1.82, 2.24) is 0 Å². The van der Waals surface area contributed by atoms with Crippen molar-refractivity contribution in [2.75, 3.05) is 0 Å². The molecule has 0 bridgehead atoms. The molecule has 0 fully saturated rings. The molecule has 0 saturated carbocycles. The Morgan fingerprint density at radius 2 is 1.80 bits per heavy atom. The minimum atomic E-state index is -0.302. The number of benzene rings is 1. The second kappa shape index (κ2) is 8.74. The molecule has 0 amide bonds. The Labute approximate surface area is 129 Å². The van der Waals surface area contributed by atoms with Gasteiger partial charge in [0.15, 0.2) is 0 Å². The normalized spacial score (nSPS) is 13.4. The summed E-state index contributed by atoms with van der Waals surface area (Å²) in [5.41, 5.74) is 2.41. The monoisotopic (exact) mass is 294 g/mol. The van der Waals surface area contributed by atoms with Gasteiger partial charge >= 0.3 is 0 Å². The highest BCUT2D eigenvalue weighted by atomic mass is 32.2. The molecule has 1 atom stereocenters. The maximum absolute atomic E-state index is 10.4. The van der Waals surface area contributed by atoms with Gasteiger partial charge in [-0.3, -0.25) is 0 Å². The van der Waals surface area contributed by atoms with Gasteiger partial charge in [-0.2, -0.15) is 11.8 Å². The van der Waals surface area contributed by atoms with E-state index < -0.39 is 0 Å². The predicted molar refractivity (Wildman–Crippen MR) is 91.2 cm³/mol. The smallest absolute Gasteiger partial charge is 0.0793 e. The van der Waals surface area contributed by atoms with Gasteiger partial charge in [0.2, 0.25) is 0 Å². The van der Waals surface area contributed by atoms with Crippen LogP contribution in [-0.4, -0.2) is 9.85 Å². The van der Waals surface area contributed by atoms with Crippen LogP contribution in [0, 0.1) is 0 Å². The zero-order chi connectivity index (χ0) is 15.0. The fourth-order valence-corrected chi connectivity index (χ4v) is 3.06. The van der Waals surface area contributed by atoms with Crippen molar-refractivity contribution in [3.8, 4) is 0 Å². The zero-order valence-electron chi connectivity index (χ0n) is 13.5. The lowest BCUT2D eigenvalue weighted by Crippen LogP contribution is -2.09. The lowest BCUT2D eigenvalue weighted by Gasteiger charge is -2.20. The van der Waals surface area contributed by atoms with Gasteiger partial charge in [-0.05, 0) is 17.5 Å². The predicted octanol–water partition coefficient (Wildman–Crippen LogP) is 5.72. The van der Waals surface area contributed by atoms with E-state index in [2.05, 4.69) is 45.9 Å². The highest BCUT2D eigenvalue weighted by Crippen LogP contribution is 2.31. The van der Waals surface area contributed by atoms with Crippen LogP contribution in [0.5, 0.6) is 0 Å². The molecule has 0 aromatic heterocycles. The molecule has 1 aromatic carbocycles. The van der Waals surface area contributed by atoms with Crippen molar-refractivity contribution in [2.45, 2.75) is 76.4 Å². The minimum Gasteiger partial charge on any atom is -0.388 e. The first kappa shape index (κ1) is 17.6. The first-order valence-electron chi connectivity index (χ1n) is 7.84. The average molecular weight is 295 g/mol. The summed E-state index contributed by atoms with van der Waals surface area (Å²) in [6.45, 7) is 8.93. The van der Waals surface area contributed by atoms with E-state index in [1.165, 1.54) is 24.8 Å². The molecule has 0 aliphatic rings. The number of hydrogen-bond donors (Lipinski definition) is 1. The standard InChI is InChI=1S/C18H30OS/c1-5-6-7-8-13-17(19)16-12-10-9-11-15(16)14-20-18(2,3)4/h9-12,17,19H,5-8,13-14H2,1-4H3. The summed E-state index contributed by atoms with van der Waals surface area (Å²) in [5.74, 6) is 0.978. The molecule has 1 aromatic rings. The number of unbranched alkanes of at least 4 members (excludes halogenated alkanes) is 3. The molecular formula is C18H30OS. The maximum atomic E-state index is 10.4. The second-order valence-electron chi connectivity index (χ2n) is 6.46. The molecule has 1 rings (SSSR count). The number of aliphatic hydroxyl groups excluding tert-OH is 1. The quantitative estimate of drug-likeness (QED) is 0.618. The third-order valence-corrected chi connectivity index (χ3v) is 4.73. The van der Waals surface area contributed by atoms with E-state index in [0.29, 0.717) is 0 Å². The Morgan fingerprint density at radius 1 is 1.10 bits per heavy atom. The lowest BCUT2D eigenvalue weighted by molar-refractivity contribution is 0.162. The second-order valence-corrected chi connectivity index (χ2v) is 8.27.